The smallest absolute Gasteiger partial charge is 0.118 e. The standard InChI is InChI=1S/C15H24N2O2/c1-17(11-13-8-15(19-3)9-16-13)10-12-4-6-14(18-2)7-5-12/h4-7,13,15-16H,8-11H2,1-3H3. The van der Waals surface area contributed by atoms with E-state index < -0.39 is 0 Å². The number of ether oxygens (including phenoxy) is 2. The van der Waals surface area contributed by atoms with Crippen LogP contribution in [-0.2, 0) is 11.3 Å². The number of likely N-dealkylation sites (N-methyl/N-ethyl adjacent to an activating group) is 1. The zero-order valence-electron chi connectivity index (χ0n) is 12.1. The highest BCUT2D eigenvalue weighted by atomic mass is 16.5. The predicted octanol–water partition coefficient (Wildman–Crippen LogP) is 1.50. The van der Waals surface area contributed by atoms with E-state index in [1.54, 1.807) is 14.2 Å². The maximum absolute atomic E-state index is 5.37. The van der Waals surface area contributed by atoms with Gasteiger partial charge >= 0.3 is 0 Å². The molecule has 0 aromatic heterocycles. The summed E-state index contributed by atoms with van der Waals surface area (Å²) in [6.07, 6.45) is 1.48. The molecule has 1 aliphatic heterocycles. The molecule has 1 aromatic rings. The van der Waals surface area contributed by atoms with Gasteiger partial charge in [-0.15, -0.1) is 0 Å². The Morgan fingerprint density at radius 3 is 2.58 bits per heavy atom. The van der Waals surface area contributed by atoms with Crippen LogP contribution >= 0.6 is 0 Å². The lowest BCUT2D eigenvalue weighted by Crippen LogP contribution is -2.34. The SMILES string of the molecule is COc1ccc(CN(C)CC2CC(OC)CN2)cc1. The van der Waals surface area contributed by atoms with Gasteiger partial charge in [0.25, 0.3) is 0 Å². The fraction of sp³-hybridized carbons (Fsp3) is 0.600. The summed E-state index contributed by atoms with van der Waals surface area (Å²) in [5.41, 5.74) is 1.31. The summed E-state index contributed by atoms with van der Waals surface area (Å²) in [6.45, 7) is 2.98. The molecule has 106 valence electrons. The molecule has 0 amide bonds. The second kappa shape index (κ2) is 6.89. The van der Waals surface area contributed by atoms with Gasteiger partial charge in [0.15, 0.2) is 0 Å². The Labute approximate surface area is 115 Å². The van der Waals surface area contributed by atoms with Crippen molar-refractivity contribution in [2.75, 3.05) is 34.4 Å². The van der Waals surface area contributed by atoms with E-state index in [1.165, 1.54) is 5.56 Å². The molecule has 1 aromatic carbocycles. The molecule has 1 saturated heterocycles. The third-order valence-corrected chi connectivity index (χ3v) is 3.66. The summed E-state index contributed by atoms with van der Waals surface area (Å²) in [5.74, 6) is 0.909. The number of nitrogens with zero attached hydrogens (tertiary/aromatic N) is 1. The topological polar surface area (TPSA) is 33.7 Å². The van der Waals surface area contributed by atoms with E-state index in [0.717, 1.165) is 31.8 Å². The minimum atomic E-state index is 0.374. The molecule has 0 saturated carbocycles. The second-order valence-electron chi connectivity index (χ2n) is 5.24. The zero-order chi connectivity index (χ0) is 13.7. The van der Waals surface area contributed by atoms with Gasteiger partial charge in [0.05, 0.1) is 13.2 Å². The van der Waals surface area contributed by atoms with Crippen LogP contribution in [0, 0.1) is 0 Å². The van der Waals surface area contributed by atoms with E-state index in [0.29, 0.717) is 12.1 Å². The molecule has 4 nitrogen and oxygen atoms in total. The van der Waals surface area contributed by atoms with Crippen LogP contribution in [0.1, 0.15) is 12.0 Å². The highest BCUT2D eigenvalue weighted by Crippen LogP contribution is 2.14. The Hall–Kier alpha value is -1.10. The van der Waals surface area contributed by atoms with Crippen LogP contribution in [0.5, 0.6) is 5.75 Å². The van der Waals surface area contributed by atoms with E-state index in [-0.39, 0.29) is 0 Å². The van der Waals surface area contributed by atoms with Gasteiger partial charge in [0.1, 0.15) is 5.75 Å². The van der Waals surface area contributed by atoms with Gasteiger partial charge in [0, 0.05) is 32.8 Å². The molecule has 0 aliphatic carbocycles. The molecule has 0 bridgehead atoms. The number of hydrogen-bond acceptors (Lipinski definition) is 4. The molecule has 0 spiro atoms. The van der Waals surface area contributed by atoms with Gasteiger partial charge in [-0.1, -0.05) is 12.1 Å². The van der Waals surface area contributed by atoms with Crippen molar-refractivity contribution in [2.45, 2.75) is 25.1 Å². The molecule has 1 N–H and O–H groups in total. The first kappa shape index (κ1) is 14.3. The molecule has 0 radical (unpaired) electrons. The van der Waals surface area contributed by atoms with Crippen LogP contribution in [0.15, 0.2) is 24.3 Å². The number of rotatable bonds is 6. The lowest BCUT2D eigenvalue weighted by Gasteiger charge is -2.21. The van der Waals surface area contributed by atoms with Crippen molar-refractivity contribution >= 4 is 0 Å². The number of benzene rings is 1. The Balaban J connectivity index is 1.78. The van der Waals surface area contributed by atoms with Crippen LogP contribution in [0.25, 0.3) is 0 Å². The Morgan fingerprint density at radius 1 is 1.26 bits per heavy atom. The molecule has 4 heteroatoms. The molecule has 19 heavy (non-hydrogen) atoms. The van der Waals surface area contributed by atoms with Crippen LogP contribution < -0.4 is 10.1 Å². The van der Waals surface area contributed by atoms with Crippen molar-refractivity contribution in [1.29, 1.82) is 0 Å². The minimum absolute atomic E-state index is 0.374. The molecule has 1 heterocycles. The van der Waals surface area contributed by atoms with E-state index in [9.17, 15) is 0 Å². The first-order valence-corrected chi connectivity index (χ1v) is 6.79. The maximum atomic E-state index is 5.37. The van der Waals surface area contributed by atoms with Gasteiger partial charge in [-0.2, -0.15) is 0 Å². The fourth-order valence-corrected chi connectivity index (χ4v) is 2.58. The van der Waals surface area contributed by atoms with Crippen molar-refractivity contribution in [3.8, 4) is 5.75 Å². The first-order valence-electron chi connectivity index (χ1n) is 6.79. The number of nitrogens with one attached hydrogen (secondary N) is 1. The maximum Gasteiger partial charge on any atom is 0.118 e. The highest BCUT2D eigenvalue weighted by Gasteiger charge is 2.24. The normalized spacial score (nSPS) is 22.9. The Kier molecular flexibility index (Phi) is 5.19. The first-order chi connectivity index (χ1) is 9.21. The molecule has 2 rings (SSSR count). The molecule has 2 unspecified atom stereocenters. The summed E-state index contributed by atoms with van der Waals surface area (Å²) >= 11 is 0. The van der Waals surface area contributed by atoms with E-state index in [4.69, 9.17) is 9.47 Å². The third kappa shape index (κ3) is 4.20. The largest absolute Gasteiger partial charge is 0.497 e. The lowest BCUT2D eigenvalue weighted by atomic mass is 10.1. The number of methoxy groups -OCH3 is 2. The van der Waals surface area contributed by atoms with Gasteiger partial charge in [-0.3, -0.25) is 0 Å². The van der Waals surface area contributed by atoms with Crippen LogP contribution in [0.3, 0.4) is 0 Å². The van der Waals surface area contributed by atoms with Gasteiger partial charge in [-0.05, 0) is 31.2 Å². The third-order valence-electron chi connectivity index (χ3n) is 3.66. The summed E-state index contributed by atoms with van der Waals surface area (Å²) in [6, 6.07) is 8.80. The lowest BCUT2D eigenvalue weighted by molar-refractivity contribution is 0.116. The summed E-state index contributed by atoms with van der Waals surface area (Å²) < 4.78 is 10.5. The van der Waals surface area contributed by atoms with Crippen molar-refractivity contribution < 1.29 is 9.47 Å². The fourth-order valence-electron chi connectivity index (χ4n) is 2.58. The van der Waals surface area contributed by atoms with Gasteiger partial charge < -0.3 is 19.7 Å². The zero-order valence-corrected chi connectivity index (χ0v) is 12.1. The molecule has 1 aliphatic rings. The van der Waals surface area contributed by atoms with E-state index in [2.05, 4.69) is 29.4 Å². The summed E-state index contributed by atoms with van der Waals surface area (Å²) in [7, 11) is 5.64. The van der Waals surface area contributed by atoms with Crippen molar-refractivity contribution in [3.05, 3.63) is 29.8 Å². The summed E-state index contributed by atoms with van der Waals surface area (Å²) in [5, 5.41) is 3.51. The molecule has 1 fully saturated rings. The van der Waals surface area contributed by atoms with Gasteiger partial charge in [0.2, 0.25) is 0 Å². The minimum Gasteiger partial charge on any atom is -0.497 e. The Bertz CT molecular complexity index is 380. The van der Waals surface area contributed by atoms with E-state index in [1.807, 2.05) is 12.1 Å². The Morgan fingerprint density at radius 2 is 2.00 bits per heavy atom. The summed E-state index contributed by atoms with van der Waals surface area (Å²) in [4.78, 5) is 2.34. The van der Waals surface area contributed by atoms with Gasteiger partial charge in [-0.25, -0.2) is 0 Å². The average molecular weight is 264 g/mol. The van der Waals surface area contributed by atoms with Crippen LogP contribution in [0.2, 0.25) is 0 Å². The number of hydrogen-bond donors (Lipinski definition) is 1. The molecular formula is C15H24N2O2. The average Bonchev–Trinajstić information content (AvgIpc) is 2.87. The molecule has 2 atom stereocenters. The van der Waals surface area contributed by atoms with Crippen LogP contribution in [0.4, 0.5) is 0 Å². The predicted molar refractivity (Wildman–Crippen MR) is 76.5 cm³/mol. The van der Waals surface area contributed by atoms with Crippen molar-refractivity contribution in [1.82, 2.24) is 10.2 Å². The van der Waals surface area contributed by atoms with Crippen molar-refractivity contribution in [3.63, 3.8) is 0 Å². The second-order valence-corrected chi connectivity index (χ2v) is 5.24. The monoisotopic (exact) mass is 264 g/mol. The van der Waals surface area contributed by atoms with Crippen LogP contribution in [-0.4, -0.2) is 51.4 Å². The highest BCUT2D eigenvalue weighted by molar-refractivity contribution is 5.27. The van der Waals surface area contributed by atoms with Crippen molar-refractivity contribution in [2.24, 2.45) is 0 Å². The quantitative estimate of drug-likeness (QED) is 0.844. The van der Waals surface area contributed by atoms with E-state index >= 15 is 0 Å². The molecular weight excluding hydrogens is 240 g/mol.